The van der Waals surface area contributed by atoms with Crippen molar-refractivity contribution in [2.24, 2.45) is 0 Å². The van der Waals surface area contributed by atoms with E-state index in [-0.39, 0.29) is 0 Å². The summed E-state index contributed by atoms with van der Waals surface area (Å²) in [6, 6.07) is 0. The van der Waals surface area contributed by atoms with E-state index in [9.17, 15) is 9.59 Å². The fourth-order valence-corrected chi connectivity index (χ4v) is 0.266. The smallest absolute Gasteiger partial charge is 0.330 e. The molecule has 0 fully saturated rings. The molecule has 0 aromatic rings. The summed E-state index contributed by atoms with van der Waals surface area (Å²) in [5.41, 5.74) is 0.389. The summed E-state index contributed by atoms with van der Waals surface area (Å²) in [7, 11) is 0. The molecule has 0 aromatic heterocycles. The number of hydrogen-bond donors (Lipinski definition) is 2. The van der Waals surface area contributed by atoms with Crippen LogP contribution in [0.2, 0.25) is 0 Å². The molecular weight excluding hydrogens is 172 g/mol. The van der Waals surface area contributed by atoms with Crippen LogP contribution in [-0.4, -0.2) is 22.2 Å². The van der Waals surface area contributed by atoms with Gasteiger partial charge in [-0.3, -0.25) is 0 Å². The highest BCUT2D eigenvalue weighted by Gasteiger charge is 1.93. The lowest BCUT2D eigenvalue weighted by Gasteiger charge is -1.84. The van der Waals surface area contributed by atoms with Gasteiger partial charge in [-0.2, -0.15) is 0 Å². The number of carboxylic acids is 2. The first kappa shape index (κ1) is 14.0. The summed E-state index contributed by atoms with van der Waals surface area (Å²) in [4.78, 5) is 19.4. The lowest BCUT2D eigenvalue weighted by atomic mass is 10.3. The van der Waals surface area contributed by atoms with E-state index in [1.54, 1.807) is 26.8 Å². The van der Waals surface area contributed by atoms with E-state index >= 15 is 0 Å². The zero-order valence-corrected chi connectivity index (χ0v) is 7.94. The molecule has 0 heterocycles. The Hall–Kier alpha value is -1.58. The molecule has 0 atom stereocenters. The van der Waals surface area contributed by atoms with Crippen molar-refractivity contribution < 1.29 is 19.8 Å². The third-order valence-electron chi connectivity index (χ3n) is 1.08. The van der Waals surface area contributed by atoms with Gasteiger partial charge in [0.2, 0.25) is 0 Å². The van der Waals surface area contributed by atoms with Gasteiger partial charge >= 0.3 is 11.9 Å². The van der Waals surface area contributed by atoms with Crippen LogP contribution in [0.5, 0.6) is 0 Å². The maximum atomic E-state index is 9.86. The van der Waals surface area contributed by atoms with Crippen LogP contribution >= 0.6 is 0 Å². The van der Waals surface area contributed by atoms with Crippen molar-refractivity contribution >= 4 is 11.9 Å². The Morgan fingerprint density at radius 1 is 1.15 bits per heavy atom. The normalized spacial score (nSPS) is 10.5. The second-order valence-corrected chi connectivity index (χ2v) is 2.12. The van der Waals surface area contributed by atoms with Crippen molar-refractivity contribution in [1.82, 2.24) is 0 Å². The Balaban J connectivity index is 0. The number of allylic oxidation sites excluding steroid dienone is 2. The molecule has 0 aromatic carbocycles. The Morgan fingerprint density at radius 2 is 1.62 bits per heavy atom. The zero-order chi connectivity index (χ0) is 10.9. The van der Waals surface area contributed by atoms with Crippen LogP contribution in [0.3, 0.4) is 0 Å². The van der Waals surface area contributed by atoms with Crippen LogP contribution in [0.15, 0.2) is 23.8 Å². The Morgan fingerprint density at radius 3 is 1.62 bits per heavy atom. The van der Waals surface area contributed by atoms with Crippen LogP contribution < -0.4 is 0 Å². The minimum Gasteiger partial charge on any atom is -0.478 e. The van der Waals surface area contributed by atoms with Crippen LogP contribution in [0, 0.1) is 0 Å². The molecule has 0 bridgehead atoms. The lowest BCUT2D eigenvalue weighted by Crippen LogP contribution is -1.93. The Labute approximate surface area is 77.2 Å². The lowest BCUT2D eigenvalue weighted by molar-refractivity contribution is -0.133. The molecular formula is C9H14O4. The molecule has 0 aliphatic rings. The van der Waals surface area contributed by atoms with Gasteiger partial charge in [0.25, 0.3) is 0 Å². The van der Waals surface area contributed by atoms with E-state index in [4.69, 9.17) is 10.2 Å². The molecule has 0 amide bonds. The molecule has 74 valence electrons. The fourth-order valence-electron chi connectivity index (χ4n) is 0.266. The van der Waals surface area contributed by atoms with E-state index in [0.29, 0.717) is 5.57 Å². The van der Waals surface area contributed by atoms with Crippen molar-refractivity contribution in [1.29, 1.82) is 0 Å². The van der Waals surface area contributed by atoms with Crippen molar-refractivity contribution in [2.45, 2.75) is 20.8 Å². The van der Waals surface area contributed by atoms with Gasteiger partial charge < -0.3 is 10.2 Å². The van der Waals surface area contributed by atoms with Gasteiger partial charge in [0.1, 0.15) is 0 Å². The summed E-state index contributed by atoms with van der Waals surface area (Å²) >= 11 is 0. The van der Waals surface area contributed by atoms with Crippen LogP contribution in [0.4, 0.5) is 0 Å². The van der Waals surface area contributed by atoms with Crippen molar-refractivity contribution in [2.75, 3.05) is 0 Å². The summed E-state index contributed by atoms with van der Waals surface area (Å²) < 4.78 is 0. The average Bonchev–Trinajstić information content (AvgIpc) is 2.03. The highest BCUT2D eigenvalue weighted by molar-refractivity contribution is 5.85. The maximum Gasteiger partial charge on any atom is 0.330 e. The fraction of sp³-hybridized carbons (Fsp3) is 0.333. The number of carbonyl (C=O) groups is 2. The second-order valence-electron chi connectivity index (χ2n) is 2.12. The molecule has 0 aliphatic carbocycles. The number of aliphatic carboxylic acids is 2. The van der Waals surface area contributed by atoms with Gasteiger partial charge in [0.15, 0.2) is 0 Å². The maximum absolute atomic E-state index is 9.86. The SMILES string of the molecule is C/C=C(\C)C(=O)O.CC=CC(=O)O. The van der Waals surface area contributed by atoms with Gasteiger partial charge in [-0.05, 0) is 20.8 Å². The highest BCUT2D eigenvalue weighted by Crippen LogP contribution is 1.87. The minimum absolute atomic E-state index is 0.389. The van der Waals surface area contributed by atoms with E-state index in [1.807, 2.05) is 0 Å². The van der Waals surface area contributed by atoms with Gasteiger partial charge in [-0.15, -0.1) is 0 Å². The monoisotopic (exact) mass is 186 g/mol. The molecule has 0 unspecified atom stereocenters. The van der Waals surface area contributed by atoms with Gasteiger partial charge in [-0.1, -0.05) is 12.2 Å². The number of rotatable bonds is 2. The highest BCUT2D eigenvalue weighted by atomic mass is 16.4. The molecule has 0 rings (SSSR count). The van der Waals surface area contributed by atoms with Crippen molar-refractivity contribution in [3.8, 4) is 0 Å². The molecule has 4 nitrogen and oxygen atoms in total. The van der Waals surface area contributed by atoms with Crippen LogP contribution in [0.25, 0.3) is 0 Å². The van der Waals surface area contributed by atoms with E-state index in [1.165, 1.54) is 6.08 Å². The van der Waals surface area contributed by atoms with Crippen LogP contribution in [-0.2, 0) is 9.59 Å². The molecule has 0 spiro atoms. The molecule has 13 heavy (non-hydrogen) atoms. The minimum atomic E-state index is -0.891. The second kappa shape index (κ2) is 8.52. The molecule has 2 N–H and O–H groups in total. The van der Waals surface area contributed by atoms with Crippen molar-refractivity contribution in [3.05, 3.63) is 23.8 Å². The van der Waals surface area contributed by atoms with E-state index in [2.05, 4.69) is 0 Å². The first-order valence-electron chi connectivity index (χ1n) is 3.67. The predicted molar refractivity (Wildman–Crippen MR) is 49.5 cm³/mol. The topological polar surface area (TPSA) is 74.6 Å². The van der Waals surface area contributed by atoms with Gasteiger partial charge in [0, 0.05) is 11.6 Å². The largest absolute Gasteiger partial charge is 0.478 e. The van der Waals surface area contributed by atoms with Crippen molar-refractivity contribution in [3.63, 3.8) is 0 Å². The van der Waals surface area contributed by atoms with Gasteiger partial charge in [0.05, 0.1) is 0 Å². The number of hydrogen-bond acceptors (Lipinski definition) is 2. The third-order valence-corrected chi connectivity index (χ3v) is 1.08. The molecule has 4 heteroatoms. The third kappa shape index (κ3) is 13.4. The first-order chi connectivity index (χ1) is 5.95. The summed E-state index contributed by atoms with van der Waals surface area (Å²) in [5, 5.41) is 15.9. The van der Waals surface area contributed by atoms with E-state index < -0.39 is 11.9 Å². The number of carboxylic acid groups (broad SMARTS) is 2. The average molecular weight is 186 g/mol. The molecule has 0 radical (unpaired) electrons. The quantitative estimate of drug-likeness (QED) is 0.643. The van der Waals surface area contributed by atoms with Crippen LogP contribution in [0.1, 0.15) is 20.8 Å². The summed E-state index contributed by atoms with van der Waals surface area (Å²) in [6.07, 6.45) is 4.12. The first-order valence-corrected chi connectivity index (χ1v) is 3.67. The molecule has 0 saturated heterocycles. The summed E-state index contributed by atoms with van der Waals surface area (Å²) in [6.45, 7) is 4.92. The summed E-state index contributed by atoms with van der Waals surface area (Å²) in [5.74, 6) is -1.74. The standard InChI is InChI=1S/C5H8O2.C4H6O2/c1-3-4(2)5(6)7;1-2-3-4(5)6/h3H,1-2H3,(H,6,7);2-3H,1H3,(H,5,6)/b4-3+;. The predicted octanol–water partition coefficient (Wildman–Crippen LogP) is 1.68. The molecule has 0 aliphatic heterocycles. The molecule has 0 saturated carbocycles. The van der Waals surface area contributed by atoms with Gasteiger partial charge in [-0.25, -0.2) is 9.59 Å². The Kier molecular flexibility index (Phi) is 9.15. The van der Waals surface area contributed by atoms with E-state index in [0.717, 1.165) is 6.08 Å². The Bertz CT molecular complexity index is 226. The zero-order valence-electron chi connectivity index (χ0n) is 7.94.